The molecule has 2 N–H and O–H groups in total. The van der Waals surface area contributed by atoms with Gasteiger partial charge in [-0.05, 0) is 24.6 Å². The van der Waals surface area contributed by atoms with E-state index in [9.17, 15) is 22.8 Å². The molecule has 0 aliphatic heterocycles. The molecule has 5 nitrogen and oxygen atoms in total. The van der Waals surface area contributed by atoms with Gasteiger partial charge in [-0.15, -0.1) is 0 Å². The molecule has 2 aromatic carbocycles. The number of aromatic amines is 1. The SMILES string of the molecule is Cc1nc(SCC(=O)Nc2ccccc2C(F)(F)F)[nH]c(=O)c1Cc1ccccc1. The Morgan fingerprint density at radius 2 is 1.77 bits per heavy atom. The molecule has 156 valence electrons. The molecule has 0 spiro atoms. The van der Waals surface area contributed by atoms with Gasteiger partial charge in [0, 0.05) is 17.7 Å². The smallest absolute Gasteiger partial charge is 0.325 e. The molecule has 30 heavy (non-hydrogen) atoms. The average Bonchev–Trinajstić information content (AvgIpc) is 2.69. The number of halogens is 3. The van der Waals surface area contributed by atoms with Crippen molar-refractivity contribution in [1.29, 1.82) is 0 Å². The first kappa shape index (κ1) is 21.6. The predicted molar refractivity (Wildman–Crippen MR) is 110 cm³/mol. The molecule has 1 amide bonds. The third kappa shape index (κ3) is 5.50. The second-order valence-electron chi connectivity index (χ2n) is 6.48. The first-order chi connectivity index (χ1) is 14.2. The number of nitrogens with zero attached hydrogens (tertiary/aromatic N) is 1. The third-order valence-corrected chi connectivity index (χ3v) is 5.14. The van der Waals surface area contributed by atoms with Crippen molar-refractivity contribution in [3.63, 3.8) is 0 Å². The van der Waals surface area contributed by atoms with Crippen molar-refractivity contribution in [2.75, 3.05) is 11.1 Å². The van der Waals surface area contributed by atoms with Crippen LogP contribution in [0.25, 0.3) is 0 Å². The molecule has 0 saturated carbocycles. The highest BCUT2D eigenvalue weighted by atomic mass is 32.2. The van der Waals surface area contributed by atoms with Crippen molar-refractivity contribution in [1.82, 2.24) is 9.97 Å². The zero-order chi connectivity index (χ0) is 21.7. The molecule has 1 aromatic heterocycles. The summed E-state index contributed by atoms with van der Waals surface area (Å²) in [6.07, 6.45) is -4.15. The van der Waals surface area contributed by atoms with Gasteiger partial charge in [0.1, 0.15) is 0 Å². The highest BCUT2D eigenvalue weighted by molar-refractivity contribution is 7.99. The maximum absolute atomic E-state index is 13.0. The number of alkyl halides is 3. The van der Waals surface area contributed by atoms with E-state index in [2.05, 4.69) is 15.3 Å². The molecular weight excluding hydrogens is 415 g/mol. The minimum Gasteiger partial charge on any atom is -0.325 e. The number of carbonyl (C=O) groups is 1. The number of hydrogen-bond acceptors (Lipinski definition) is 4. The van der Waals surface area contributed by atoms with Crippen LogP contribution in [0.2, 0.25) is 0 Å². The maximum atomic E-state index is 13.0. The van der Waals surface area contributed by atoms with E-state index in [0.717, 1.165) is 23.4 Å². The second kappa shape index (κ2) is 9.17. The normalized spacial score (nSPS) is 11.3. The molecule has 3 rings (SSSR count). The topological polar surface area (TPSA) is 74.8 Å². The Morgan fingerprint density at radius 1 is 1.10 bits per heavy atom. The van der Waals surface area contributed by atoms with Crippen LogP contribution in [-0.4, -0.2) is 21.6 Å². The monoisotopic (exact) mass is 433 g/mol. The average molecular weight is 433 g/mol. The fraction of sp³-hybridized carbons (Fsp3) is 0.190. The number of para-hydroxylation sites is 1. The van der Waals surface area contributed by atoms with E-state index >= 15 is 0 Å². The quantitative estimate of drug-likeness (QED) is 0.446. The fourth-order valence-electron chi connectivity index (χ4n) is 2.82. The number of aryl methyl sites for hydroxylation is 1. The first-order valence-electron chi connectivity index (χ1n) is 8.96. The summed E-state index contributed by atoms with van der Waals surface area (Å²) in [4.78, 5) is 31.5. The Bertz CT molecular complexity index is 1100. The van der Waals surface area contributed by atoms with E-state index < -0.39 is 17.6 Å². The Hall–Kier alpha value is -3.07. The number of nitrogens with one attached hydrogen (secondary N) is 2. The summed E-state index contributed by atoms with van der Waals surface area (Å²) >= 11 is 0.945. The molecule has 9 heteroatoms. The van der Waals surface area contributed by atoms with Gasteiger partial charge in [0.05, 0.1) is 17.0 Å². The van der Waals surface area contributed by atoms with E-state index in [1.807, 2.05) is 30.3 Å². The molecule has 0 radical (unpaired) electrons. The van der Waals surface area contributed by atoms with Crippen molar-refractivity contribution < 1.29 is 18.0 Å². The van der Waals surface area contributed by atoms with E-state index in [0.29, 0.717) is 17.7 Å². The molecule has 3 aromatic rings. The largest absolute Gasteiger partial charge is 0.418 e. The molecule has 0 aliphatic rings. The zero-order valence-corrected chi connectivity index (χ0v) is 16.7. The summed E-state index contributed by atoms with van der Waals surface area (Å²) in [5.74, 6) is -0.836. The summed E-state index contributed by atoms with van der Waals surface area (Å²) < 4.78 is 39.1. The van der Waals surface area contributed by atoms with Crippen LogP contribution in [0.4, 0.5) is 18.9 Å². The number of aromatic nitrogens is 2. The van der Waals surface area contributed by atoms with Crippen molar-refractivity contribution in [2.24, 2.45) is 0 Å². The standard InChI is InChI=1S/C21H18F3N3O2S/c1-13-15(11-14-7-3-2-4-8-14)19(29)27-20(25-13)30-12-18(28)26-17-10-6-5-9-16(17)21(22,23)24/h2-10H,11-12H2,1H3,(H,26,28)(H,25,27,29). The van der Waals surface area contributed by atoms with E-state index in [1.165, 1.54) is 18.2 Å². The van der Waals surface area contributed by atoms with Crippen LogP contribution < -0.4 is 10.9 Å². The molecule has 0 atom stereocenters. The van der Waals surface area contributed by atoms with Crippen LogP contribution in [0, 0.1) is 6.92 Å². The van der Waals surface area contributed by atoms with Crippen molar-refractivity contribution in [3.8, 4) is 0 Å². The molecule has 0 fully saturated rings. The van der Waals surface area contributed by atoms with Gasteiger partial charge in [-0.25, -0.2) is 4.98 Å². The summed E-state index contributed by atoms with van der Waals surface area (Å²) in [6.45, 7) is 1.71. The van der Waals surface area contributed by atoms with E-state index in [-0.39, 0.29) is 22.2 Å². The number of hydrogen-bond donors (Lipinski definition) is 2. The van der Waals surface area contributed by atoms with Crippen LogP contribution in [0.1, 0.15) is 22.4 Å². The Kier molecular flexibility index (Phi) is 6.61. The lowest BCUT2D eigenvalue weighted by Gasteiger charge is -2.13. The number of rotatable bonds is 6. The van der Waals surface area contributed by atoms with E-state index in [1.54, 1.807) is 6.92 Å². The Labute approximate surface area is 174 Å². The van der Waals surface area contributed by atoms with Crippen LogP contribution in [-0.2, 0) is 17.4 Å². The summed E-state index contributed by atoms with van der Waals surface area (Å²) in [7, 11) is 0. The van der Waals surface area contributed by atoms with Crippen LogP contribution in [0.5, 0.6) is 0 Å². The number of anilines is 1. The third-order valence-electron chi connectivity index (χ3n) is 4.27. The van der Waals surface area contributed by atoms with Crippen molar-refractivity contribution in [3.05, 3.63) is 87.3 Å². The zero-order valence-electron chi connectivity index (χ0n) is 15.9. The summed E-state index contributed by atoms with van der Waals surface area (Å²) in [5.41, 5.74) is 0.483. The molecule has 0 bridgehead atoms. The highest BCUT2D eigenvalue weighted by Gasteiger charge is 2.33. The number of benzene rings is 2. The molecular formula is C21H18F3N3O2S. The second-order valence-corrected chi connectivity index (χ2v) is 7.44. The summed E-state index contributed by atoms with van der Waals surface area (Å²) in [5, 5.41) is 2.49. The lowest BCUT2D eigenvalue weighted by Crippen LogP contribution is -2.20. The minimum absolute atomic E-state index is 0.202. The first-order valence-corrected chi connectivity index (χ1v) is 9.95. The lowest BCUT2D eigenvalue weighted by molar-refractivity contribution is -0.137. The van der Waals surface area contributed by atoms with Crippen LogP contribution in [0.15, 0.2) is 64.5 Å². The lowest BCUT2D eigenvalue weighted by atomic mass is 10.1. The number of H-pyrrole nitrogens is 1. The van der Waals surface area contributed by atoms with Gasteiger partial charge in [0.15, 0.2) is 5.16 Å². The highest BCUT2D eigenvalue weighted by Crippen LogP contribution is 2.34. The number of amides is 1. The van der Waals surface area contributed by atoms with E-state index in [4.69, 9.17) is 0 Å². The van der Waals surface area contributed by atoms with Gasteiger partial charge in [0.25, 0.3) is 5.56 Å². The number of thioether (sulfide) groups is 1. The Morgan fingerprint density at radius 3 is 2.43 bits per heavy atom. The molecule has 0 saturated heterocycles. The van der Waals surface area contributed by atoms with Crippen LogP contribution >= 0.6 is 11.8 Å². The van der Waals surface area contributed by atoms with Gasteiger partial charge in [-0.3, -0.25) is 9.59 Å². The maximum Gasteiger partial charge on any atom is 0.418 e. The van der Waals surface area contributed by atoms with Gasteiger partial charge < -0.3 is 10.3 Å². The Balaban J connectivity index is 1.67. The summed E-state index contributed by atoms with van der Waals surface area (Å²) in [6, 6.07) is 14.2. The van der Waals surface area contributed by atoms with Gasteiger partial charge >= 0.3 is 6.18 Å². The van der Waals surface area contributed by atoms with Crippen molar-refractivity contribution in [2.45, 2.75) is 24.7 Å². The predicted octanol–water partition coefficient (Wildman–Crippen LogP) is 4.42. The molecule has 0 unspecified atom stereocenters. The number of carbonyl (C=O) groups excluding carboxylic acids is 1. The van der Waals surface area contributed by atoms with Gasteiger partial charge in [-0.2, -0.15) is 13.2 Å². The minimum atomic E-state index is -4.57. The van der Waals surface area contributed by atoms with Gasteiger partial charge in [0.2, 0.25) is 5.91 Å². The van der Waals surface area contributed by atoms with Crippen LogP contribution in [0.3, 0.4) is 0 Å². The fourth-order valence-corrected chi connectivity index (χ4v) is 3.53. The van der Waals surface area contributed by atoms with Gasteiger partial charge in [-0.1, -0.05) is 54.2 Å². The van der Waals surface area contributed by atoms with Crippen molar-refractivity contribution >= 4 is 23.4 Å². The molecule has 1 heterocycles. The molecule has 0 aliphatic carbocycles.